The van der Waals surface area contributed by atoms with Crippen molar-refractivity contribution in [1.29, 1.82) is 0 Å². The van der Waals surface area contributed by atoms with Crippen LogP contribution in [0.25, 0.3) is 0 Å². The second kappa shape index (κ2) is 42.5. The molecule has 0 saturated carbocycles. The Morgan fingerprint density at radius 3 is 1.76 bits per heavy atom. The Labute approximate surface area is 612 Å². The summed E-state index contributed by atoms with van der Waals surface area (Å²) < 4.78 is 17.7. The zero-order valence-electron chi connectivity index (χ0n) is 63.0. The van der Waals surface area contributed by atoms with Crippen LogP contribution in [0.15, 0.2) is 91.0 Å². The van der Waals surface area contributed by atoms with Gasteiger partial charge in [0.1, 0.15) is 30.8 Å². The fraction of sp³-hybridized carbons (Fsp3) is 0.579. The van der Waals surface area contributed by atoms with E-state index in [1.807, 2.05) is 90.9 Å². The number of imide groups is 1. The van der Waals surface area contributed by atoms with Crippen LogP contribution in [0.1, 0.15) is 144 Å². The number of carbonyl (C=O) groups excluding carboxylic acids is 12. The largest absolute Gasteiger partial charge is 0.444 e. The predicted molar refractivity (Wildman–Crippen MR) is 396 cm³/mol. The first kappa shape index (κ1) is 85.4. The van der Waals surface area contributed by atoms with E-state index in [4.69, 9.17) is 19.9 Å². The van der Waals surface area contributed by atoms with E-state index >= 15 is 0 Å². The number of ether oxygens (including phenoxy) is 3. The van der Waals surface area contributed by atoms with Crippen molar-refractivity contribution in [3.05, 3.63) is 102 Å². The number of hydrogen-bond acceptors (Lipinski definition) is 16. The summed E-state index contributed by atoms with van der Waals surface area (Å²) in [4.78, 5) is 167. The number of carbonyl (C=O) groups is 12. The molecule has 3 aromatic rings. The number of anilines is 3. The third kappa shape index (κ3) is 25.8. The highest BCUT2D eigenvalue weighted by Crippen LogP contribution is 2.31. The molecule has 5 rings (SSSR count). The third-order valence-corrected chi connectivity index (χ3v) is 19.5. The maximum atomic E-state index is 14.7. The van der Waals surface area contributed by atoms with E-state index in [1.165, 1.54) is 26.4 Å². The molecule has 3 aromatic carbocycles. The lowest BCUT2D eigenvalue weighted by Gasteiger charge is -2.41. The summed E-state index contributed by atoms with van der Waals surface area (Å²) in [6.07, 6.45) is 4.67. The van der Waals surface area contributed by atoms with E-state index in [0.717, 1.165) is 10.5 Å². The molecule has 572 valence electrons. The number of benzene rings is 3. The number of urea groups is 1. The second-order valence-corrected chi connectivity index (χ2v) is 28.1. The number of hydrogen-bond donors (Lipinski definition) is 9. The van der Waals surface area contributed by atoms with Gasteiger partial charge in [-0.05, 0) is 124 Å². The summed E-state index contributed by atoms with van der Waals surface area (Å²) in [5.74, 6) is -5.54. The molecular weight excluding hydrogens is 1330 g/mol. The molecular formula is C76H113N13O15. The Morgan fingerprint density at radius 2 is 1.20 bits per heavy atom. The smallest absolute Gasteiger partial charge is 0.411 e. The van der Waals surface area contributed by atoms with E-state index < -0.39 is 96.2 Å². The van der Waals surface area contributed by atoms with Crippen molar-refractivity contribution in [3.63, 3.8) is 0 Å². The zero-order valence-corrected chi connectivity index (χ0v) is 63.0. The molecule has 10 N–H and O–H groups in total. The summed E-state index contributed by atoms with van der Waals surface area (Å²) in [6.45, 7) is 17.7. The number of unbranched alkanes of at least 4 members (excludes halogenated alkanes) is 2. The van der Waals surface area contributed by atoms with Gasteiger partial charge in [0.2, 0.25) is 47.3 Å². The molecule has 1 saturated heterocycles. The molecule has 0 bridgehead atoms. The van der Waals surface area contributed by atoms with Crippen LogP contribution in [0.2, 0.25) is 0 Å². The number of methoxy groups -OCH3 is 2. The van der Waals surface area contributed by atoms with Crippen molar-refractivity contribution in [2.45, 2.75) is 200 Å². The molecule has 2 aliphatic rings. The van der Waals surface area contributed by atoms with E-state index in [0.29, 0.717) is 74.1 Å². The summed E-state index contributed by atoms with van der Waals surface area (Å²) in [6, 6.07) is 15.7. The molecule has 28 heteroatoms. The van der Waals surface area contributed by atoms with Gasteiger partial charge in [0, 0.05) is 83.0 Å². The molecule has 0 unspecified atom stereocenters. The molecule has 0 radical (unpaired) electrons. The molecule has 104 heavy (non-hydrogen) atoms. The Morgan fingerprint density at radius 1 is 0.615 bits per heavy atom. The number of primary amides is 1. The van der Waals surface area contributed by atoms with Crippen LogP contribution < -0.4 is 48.3 Å². The Balaban J connectivity index is 1.17. The number of likely N-dealkylation sites (N-methyl/N-ethyl adjacent to an activating group) is 2. The van der Waals surface area contributed by atoms with Crippen LogP contribution in [0.4, 0.5) is 26.7 Å². The van der Waals surface area contributed by atoms with Gasteiger partial charge in [0.15, 0.2) is 0 Å². The first-order valence-corrected chi connectivity index (χ1v) is 36.3. The zero-order chi connectivity index (χ0) is 76.9. The highest BCUT2D eigenvalue weighted by atomic mass is 16.5. The number of nitrogens with one attached hydrogen (secondary N) is 8. The van der Waals surface area contributed by atoms with Crippen LogP contribution in [0, 0.1) is 29.6 Å². The maximum absolute atomic E-state index is 14.7. The number of nitrogens with zero attached hydrogens (tertiary/aromatic N) is 4. The SMILES string of the molecule is CC[C@@H](C)[C@H]([C@H](CC(=O)N1CCC[C@@H]1[C@@H](OC)[C@H](C)C(=O)N[C@H](Cc1ccccc1)C(=O)Nc1ccc(NC(=O)OCc2ccc(NC(=O)[C@H](CCCNC(N)=O)NC(=O)[C@@H](NC(=O)CCCCCN3C(=O)C=CC3=O)C(C)C)cc2)cc1)OC)N(C)C(=O)[C@H](NC(=O)[C@@H](C(C)C)N(C)C)[C@@H](C)CC. The highest BCUT2D eigenvalue weighted by molar-refractivity contribution is 6.13. The highest BCUT2D eigenvalue weighted by Gasteiger charge is 2.44. The molecule has 0 aliphatic carbocycles. The van der Waals surface area contributed by atoms with Crippen molar-refractivity contribution >= 4 is 88.3 Å². The molecule has 0 aromatic heterocycles. The molecule has 2 heterocycles. The van der Waals surface area contributed by atoms with Crippen molar-refractivity contribution in [2.75, 3.05) is 70.9 Å². The van der Waals surface area contributed by atoms with Gasteiger partial charge >= 0.3 is 12.1 Å². The van der Waals surface area contributed by atoms with E-state index in [-0.39, 0.29) is 111 Å². The molecule has 1 fully saturated rings. The average Bonchev–Trinajstić information content (AvgIpc) is 1.72. The Bertz CT molecular complexity index is 3360. The fourth-order valence-corrected chi connectivity index (χ4v) is 13.2. The first-order chi connectivity index (χ1) is 49.4. The number of nitrogens with two attached hydrogens (primary N) is 1. The standard InChI is InChI=1S/C76H113N13O15/c1-15-48(7)65(85-73(98)66(47(5)6)86(10)11)74(99)87(12)67(49(8)16-2)59(102-13)44-63(93)88-42-24-28-58(88)68(103-14)50(9)69(94)83-57(43-51-25-19-17-20-26-51)71(96)80-54-34-36-55(37-35-54)81-76(101)104-45-52-30-32-53(33-31-52)79-70(95)56(27-23-40-78-75(77)100)82-72(97)64(46(3)4)84-60(90)29-21-18-22-41-89-61(91)38-39-62(89)92/h17,19-20,25-26,30-39,46-50,56-59,64-68H,15-16,18,21-24,27-29,40-45H2,1-14H3,(H,79,95)(H,80,96)(H,81,101)(H,82,97)(H,83,94)(H,84,90)(H,85,98)(H3,77,78,100)/t48-,49+,50-,56-,57+,58+,59-,64-,65+,66+,67+,68-/m0/s1. The third-order valence-electron chi connectivity index (χ3n) is 19.5. The van der Waals surface area contributed by atoms with Gasteiger partial charge in [0.05, 0.1) is 42.7 Å². The monoisotopic (exact) mass is 1450 g/mol. The lowest BCUT2D eigenvalue weighted by molar-refractivity contribution is -0.148. The minimum absolute atomic E-state index is 0.00873. The maximum Gasteiger partial charge on any atom is 0.411 e. The number of amides is 13. The van der Waals surface area contributed by atoms with Gasteiger partial charge in [-0.3, -0.25) is 63.1 Å². The lowest BCUT2D eigenvalue weighted by Crippen LogP contribution is -2.60. The van der Waals surface area contributed by atoms with Gasteiger partial charge in [0.25, 0.3) is 11.8 Å². The van der Waals surface area contributed by atoms with Gasteiger partial charge < -0.3 is 67.0 Å². The van der Waals surface area contributed by atoms with Crippen LogP contribution in [-0.4, -0.2) is 200 Å². The number of likely N-dealkylation sites (tertiary alicyclic amines) is 1. The van der Waals surface area contributed by atoms with Crippen LogP contribution in [-0.2, 0) is 75.2 Å². The van der Waals surface area contributed by atoms with Crippen molar-refractivity contribution < 1.29 is 71.7 Å². The minimum Gasteiger partial charge on any atom is -0.444 e. The van der Waals surface area contributed by atoms with Crippen molar-refractivity contribution in [2.24, 2.45) is 35.3 Å². The Hall–Kier alpha value is -9.28. The Kier molecular flexibility index (Phi) is 34.9. The topological polar surface area (TPSA) is 368 Å². The van der Waals surface area contributed by atoms with E-state index in [1.54, 1.807) is 86.1 Å². The van der Waals surface area contributed by atoms with Crippen LogP contribution in [0.3, 0.4) is 0 Å². The van der Waals surface area contributed by atoms with Gasteiger partial charge in [-0.1, -0.05) is 124 Å². The first-order valence-electron chi connectivity index (χ1n) is 36.3. The fourth-order valence-electron chi connectivity index (χ4n) is 13.2. The molecule has 13 amide bonds. The predicted octanol–water partition coefficient (Wildman–Crippen LogP) is 6.64. The average molecular weight is 1450 g/mol. The second-order valence-electron chi connectivity index (χ2n) is 28.1. The molecule has 2 aliphatic heterocycles. The van der Waals surface area contributed by atoms with Gasteiger partial charge in [-0.25, -0.2) is 9.59 Å². The van der Waals surface area contributed by atoms with E-state index in [9.17, 15) is 57.5 Å². The minimum atomic E-state index is -1.10. The normalized spacial score (nSPS) is 16.8. The van der Waals surface area contributed by atoms with E-state index in [2.05, 4.69) is 42.5 Å². The van der Waals surface area contributed by atoms with Crippen LogP contribution >= 0.6 is 0 Å². The van der Waals surface area contributed by atoms with Crippen LogP contribution in [0.5, 0.6) is 0 Å². The summed E-state index contributed by atoms with van der Waals surface area (Å²) in [5.41, 5.74) is 7.65. The molecule has 28 nitrogen and oxygen atoms in total. The quantitative estimate of drug-likeness (QED) is 0.0212. The molecule has 12 atom stereocenters. The lowest BCUT2D eigenvalue weighted by atomic mass is 9.88. The summed E-state index contributed by atoms with van der Waals surface area (Å²) in [7, 11) is 8.42. The summed E-state index contributed by atoms with van der Waals surface area (Å²) >= 11 is 0. The molecule has 0 spiro atoms. The van der Waals surface area contributed by atoms with Gasteiger partial charge in [-0.2, -0.15) is 0 Å². The van der Waals surface area contributed by atoms with Gasteiger partial charge in [-0.15, -0.1) is 0 Å². The van der Waals surface area contributed by atoms with Crippen molar-refractivity contribution in [3.8, 4) is 0 Å². The summed E-state index contributed by atoms with van der Waals surface area (Å²) in [5, 5.41) is 22.4. The number of rotatable bonds is 42. The van der Waals surface area contributed by atoms with Crippen molar-refractivity contribution in [1.82, 2.24) is 46.2 Å².